The average Bonchev–Trinajstić information content (AvgIpc) is 3.38. The van der Waals surface area contributed by atoms with E-state index >= 15 is 0 Å². The molecule has 0 aromatic heterocycles. The number of hydrogen-bond donors (Lipinski definition) is 2. The van der Waals surface area contributed by atoms with Crippen LogP contribution < -0.4 is 10.6 Å². The van der Waals surface area contributed by atoms with E-state index < -0.39 is 0 Å². The number of para-hydroxylation sites is 1. The van der Waals surface area contributed by atoms with Gasteiger partial charge in [-0.2, -0.15) is 0 Å². The summed E-state index contributed by atoms with van der Waals surface area (Å²) in [5.41, 5.74) is 1.19. The zero-order valence-electron chi connectivity index (χ0n) is 15.3. The van der Waals surface area contributed by atoms with Gasteiger partial charge in [0.2, 0.25) is 5.91 Å². The summed E-state index contributed by atoms with van der Waals surface area (Å²) < 4.78 is 0. The summed E-state index contributed by atoms with van der Waals surface area (Å²) in [5.74, 6) is 1.69. The first-order valence-electron chi connectivity index (χ1n) is 9.41. The number of carbonyl (C=O) groups is 2. The molecule has 136 valence electrons. The zero-order valence-corrected chi connectivity index (χ0v) is 15.3. The molecule has 5 nitrogen and oxygen atoms in total. The van der Waals surface area contributed by atoms with Gasteiger partial charge >= 0.3 is 0 Å². The molecular weight excluding hydrogens is 314 g/mol. The number of benzene rings is 1. The molecule has 2 unspecified atom stereocenters. The standard InChI is InChI=1S/C20H29N3O2/c1-14-9-15(2)13-23(12-14)20(25)17-5-3-4-6-18(17)22-19(24)11-21-10-16-7-8-16/h3-6,14-16,21H,7-13H2,1-2H3,(H,22,24). The molecule has 1 aromatic rings. The van der Waals surface area contributed by atoms with Crippen LogP contribution in [0.2, 0.25) is 0 Å². The van der Waals surface area contributed by atoms with Gasteiger partial charge in [0.25, 0.3) is 5.91 Å². The zero-order chi connectivity index (χ0) is 17.8. The molecule has 1 saturated heterocycles. The first kappa shape index (κ1) is 17.9. The Balaban J connectivity index is 1.62. The van der Waals surface area contributed by atoms with Crippen molar-refractivity contribution in [3.8, 4) is 0 Å². The number of rotatable bonds is 6. The van der Waals surface area contributed by atoms with Crippen LogP contribution in [0, 0.1) is 17.8 Å². The molecule has 2 aliphatic rings. The molecule has 0 spiro atoms. The van der Waals surface area contributed by atoms with Crippen LogP contribution in [0.3, 0.4) is 0 Å². The van der Waals surface area contributed by atoms with Gasteiger partial charge in [0, 0.05) is 13.1 Å². The maximum atomic E-state index is 13.0. The average molecular weight is 343 g/mol. The van der Waals surface area contributed by atoms with E-state index in [1.54, 1.807) is 6.07 Å². The lowest BCUT2D eigenvalue weighted by Gasteiger charge is -2.35. The highest BCUT2D eigenvalue weighted by molar-refractivity contribution is 6.04. The molecule has 1 heterocycles. The van der Waals surface area contributed by atoms with Crippen LogP contribution in [0.5, 0.6) is 0 Å². The Bertz CT molecular complexity index is 617. The fourth-order valence-electron chi connectivity index (χ4n) is 3.68. The van der Waals surface area contributed by atoms with Crippen LogP contribution in [0.15, 0.2) is 24.3 Å². The first-order valence-corrected chi connectivity index (χ1v) is 9.41. The number of hydrogen-bond acceptors (Lipinski definition) is 3. The van der Waals surface area contributed by atoms with E-state index in [4.69, 9.17) is 0 Å². The molecule has 1 saturated carbocycles. The van der Waals surface area contributed by atoms with Crippen LogP contribution in [-0.4, -0.2) is 42.9 Å². The molecule has 0 radical (unpaired) electrons. The lowest BCUT2D eigenvalue weighted by molar-refractivity contribution is -0.115. The van der Waals surface area contributed by atoms with Crippen molar-refractivity contribution in [2.45, 2.75) is 33.1 Å². The molecule has 1 aromatic carbocycles. The van der Waals surface area contributed by atoms with Crippen LogP contribution in [0.4, 0.5) is 5.69 Å². The van der Waals surface area contributed by atoms with Crippen LogP contribution in [-0.2, 0) is 4.79 Å². The van der Waals surface area contributed by atoms with Crippen molar-refractivity contribution in [2.75, 3.05) is 31.5 Å². The molecule has 3 rings (SSSR count). The van der Waals surface area contributed by atoms with Crippen molar-refractivity contribution in [2.24, 2.45) is 17.8 Å². The van der Waals surface area contributed by atoms with E-state index in [9.17, 15) is 9.59 Å². The summed E-state index contributed by atoms with van der Waals surface area (Å²) in [5, 5.41) is 6.08. The lowest BCUT2D eigenvalue weighted by Crippen LogP contribution is -2.43. The van der Waals surface area contributed by atoms with Gasteiger partial charge in [0.05, 0.1) is 17.8 Å². The quantitative estimate of drug-likeness (QED) is 0.835. The summed E-state index contributed by atoms with van der Waals surface area (Å²) in [4.78, 5) is 27.1. The smallest absolute Gasteiger partial charge is 0.255 e. The summed E-state index contributed by atoms with van der Waals surface area (Å²) in [6.45, 7) is 7.14. The maximum absolute atomic E-state index is 13.0. The summed E-state index contributed by atoms with van der Waals surface area (Å²) >= 11 is 0. The second-order valence-corrected chi connectivity index (χ2v) is 7.82. The van der Waals surface area contributed by atoms with Crippen molar-refractivity contribution < 1.29 is 9.59 Å². The molecule has 5 heteroatoms. The molecule has 1 aliphatic heterocycles. The van der Waals surface area contributed by atoms with Crippen LogP contribution >= 0.6 is 0 Å². The largest absolute Gasteiger partial charge is 0.338 e. The summed E-state index contributed by atoms with van der Waals surface area (Å²) in [7, 11) is 0. The van der Waals surface area contributed by atoms with Crippen molar-refractivity contribution in [1.29, 1.82) is 0 Å². The Hall–Kier alpha value is -1.88. The fourth-order valence-corrected chi connectivity index (χ4v) is 3.68. The van der Waals surface area contributed by atoms with Gasteiger partial charge in [-0.3, -0.25) is 9.59 Å². The normalized spacial score (nSPS) is 23.4. The Morgan fingerprint density at radius 2 is 1.80 bits per heavy atom. The number of anilines is 1. The Morgan fingerprint density at radius 1 is 1.12 bits per heavy atom. The Kier molecular flexibility index (Phi) is 5.74. The third kappa shape index (κ3) is 5.05. The van der Waals surface area contributed by atoms with E-state index in [2.05, 4.69) is 24.5 Å². The number of nitrogens with zero attached hydrogens (tertiary/aromatic N) is 1. The van der Waals surface area contributed by atoms with Crippen molar-refractivity contribution in [1.82, 2.24) is 10.2 Å². The highest BCUT2D eigenvalue weighted by atomic mass is 16.2. The van der Waals surface area contributed by atoms with Gasteiger partial charge in [-0.25, -0.2) is 0 Å². The first-order chi connectivity index (χ1) is 12.0. The second-order valence-electron chi connectivity index (χ2n) is 7.82. The monoisotopic (exact) mass is 343 g/mol. The van der Waals surface area contributed by atoms with Crippen LogP contribution in [0.25, 0.3) is 0 Å². The van der Waals surface area contributed by atoms with E-state index in [1.807, 2.05) is 23.1 Å². The molecule has 2 amide bonds. The van der Waals surface area contributed by atoms with Crippen molar-refractivity contribution in [3.63, 3.8) is 0 Å². The molecular formula is C20H29N3O2. The molecule has 25 heavy (non-hydrogen) atoms. The number of nitrogens with one attached hydrogen (secondary N) is 2. The predicted molar refractivity (Wildman–Crippen MR) is 99.5 cm³/mol. The van der Waals surface area contributed by atoms with Gasteiger partial charge < -0.3 is 15.5 Å². The van der Waals surface area contributed by atoms with E-state index in [0.29, 0.717) is 23.1 Å². The Morgan fingerprint density at radius 3 is 2.48 bits per heavy atom. The van der Waals surface area contributed by atoms with Crippen molar-refractivity contribution >= 4 is 17.5 Å². The molecule has 1 aliphatic carbocycles. The maximum Gasteiger partial charge on any atom is 0.255 e. The third-order valence-corrected chi connectivity index (χ3v) is 5.00. The van der Waals surface area contributed by atoms with Gasteiger partial charge in [0.1, 0.15) is 0 Å². The lowest BCUT2D eigenvalue weighted by atomic mass is 9.91. The number of piperidine rings is 1. The van der Waals surface area contributed by atoms with Crippen LogP contribution in [0.1, 0.15) is 43.5 Å². The molecule has 0 bridgehead atoms. The van der Waals surface area contributed by atoms with E-state index in [-0.39, 0.29) is 18.4 Å². The second kappa shape index (κ2) is 8.00. The summed E-state index contributed by atoms with van der Waals surface area (Å²) in [6.07, 6.45) is 3.69. The molecule has 2 N–H and O–H groups in total. The number of carbonyl (C=O) groups excluding carboxylic acids is 2. The van der Waals surface area contributed by atoms with Gasteiger partial charge in [0.15, 0.2) is 0 Å². The third-order valence-electron chi connectivity index (χ3n) is 5.00. The minimum Gasteiger partial charge on any atom is -0.338 e. The van der Waals surface area contributed by atoms with Gasteiger partial charge in [-0.05, 0) is 55.7 Å². The van der Waals surface area contributed by atoms with E-state index in [1.165, 1.54) is 12.8 Å². The van der Waals surface area contributed by atoms with E-state index in [0.717, 1.165) is 32.0 Å². The fraction of sp³-hybridized carbons (Fsp3) is 0.600. The topological polar surface area (TPSA) is 61.4 Å². The minimum atomic E-state index is -0.0960. The number of likely N-dealkylation sites (tertiary alicyclic amines) is 1. The van der Waals surface area contributed by atoms with Gasteiger partial charge in [-0.15, -0.1) is 0 Å². The predicted octanol–water partition coefficient (Wildman–Crippen LogP) is 2.74. The number of amides is 2. The highest BCUT2D eigenvalue weighted by Gasteiger charge is 2.27. The SMILES string of the molecule is CC1CC(C)CN(C(=O)c2ccccc2NC(=O)CNCC2CC2)C1. The minimum absolute atomic E-state index is 0.0141. The summed E-state index contributed by atoms with van der Waals surface area (Å²) in [6, 6.07) is 7.32. The van der Waals surface area contributed by atoms with Crippen molar-refractivity contribution in [3.05, 3.63) is 29.8 Å². The van der Waals surface area contributed by atoms with Gasteiger partial charge in [-0.1, -0.05) is 26.0 Å². The Labute approximate surface area is 150 Å². The highest BCUT2D eigenvalue weighted by Crippen LogP contribution is 2.27. The molecule has 2 fully saturated rings. The molecule has 2 atom stereocenters.